The van der Waals surface area contributed by atoms with Crippen LogP contribution in [0.1, 0.15) is 0 Å². The van der Waals surface area contributed by atoms with E-state index >= 15 is 0 Å². The quantitative estimate of drug-likeness (QED) is 0.684. The van der Waals surface area contributed by atoms with Gasteiger partial charge in [0.25, 0.3) is 0 Å². The molecule has 1 aromatic carbocycles. The number of pyridine rings is 1. The summed E-state index contributed by atoms with van der Waals surface area (Å²) in [4.78, 5) is 0. The van der Waals surface area contributed by atoms with Crippen LogP contribution in [0, 0.1) is 0 Å². The molecule has 3 rings (SSSR count). The molecule has 0 bridgehead atoms. The summed E-state index contributed by atoms with van der Waals surface area (Å²) in [5.41, 5.74) is 1.80. The number of hydrogen-bond donors (Lipinski definition) is 0. The first kappa shape index (κ1) is 10.7. The van der Waals surface area contributed by atoms with Gasteiger partial charge in [0.2, 0.25) is 0 Å². The number of aromatic nitrogens is 3. The summed E-state index contributed by atoms with van der Waals surface area (Å²) in [6, 6.07) is 11.4. The summed E-state index contributed by atoms with van der Waals surface area (Å²) >= 11 is 9.27. The van der Waals surface area contributed by atoms with E-state index in [1.165, 1.54) is 0 Å². The van der Waals surface area contributed by atoms with Crippen LogP contribution in [0.5, 0.6) is 0 Å². The van der Waals surface area contributed by atoms with Crippen molar-refractivity contribution in [2.75, 3.05) is 0 Å². The fourth-order valence-corrected chi connectivity index (χ4v) is 2.11. The van der Waals surface area contributed by atoms with E-state index in [2.05, 4.69) is 26.1 Å². The van der Waals surface area contributed by atoms with Gasteiger partial charge in [-0.2, -0.15) is 0 Å². The van der Waals surface area contributed by atoms with Crippen molar-refractivity contribution in [3.63, 3.8) is 0 Å². The molecule has 0 fully saturated rings. The minimum Gasteiger partial charge on any atom is -0.282 e. The van der Waals surface area contributed by atoms with E-state index in [4.69, 9.17) is 11.6 Å². The van der Waals surface area contributed by atoms with E-state index in [1.54, 1.807) is 0 Å². The van der Waals surface area contributed by atoms with E-state index < -0.39 is 0 Å². The molecule has 84 valence electrons. The van der Waals surface area contributed by atoms with Gasteiger partial charge in [0.1, 0.15) is 0 Å². The number of benzene rings is 1. The number of rotatable bonds is 1. The van der Waals surface area contributed by atoms with Gasteiger partial charge < -0.3 is 0 Å². The smallest absolute Gasteiger partial charge is 0.168 e. The molecule has 0 aliphatic heterocycles. The summed E-state index contributed by atoms with van der Waals surface area (Å²) in [6.07, 6.45) is 1.93. The van der Waals surface area contributed by atoms with Crippen LogP contribution in [-0.2, 0) is 0 Å². The van der Waals surface area contributed by atoms with E-state index in [1.807, 2.05) is 47.0 Å². The zero-order valence-electron chi connectivity index (χ0n) is 8.64. The van der Waals surface area contributed by atoms with Crippen LogP contribution in [0.2, 0.25) is 5.02 Å². The molecule has 0 saturated heterocycles. The van der Waals surface area contributed by atoms with Crippen molar-refractivity contribution in [2.45, 2.75) is 0 Å². The average Bonchev–Trinajstić information content (AvgIpc) is 2.73. The molecule has 0 N–H and O–H groups in total. The fraction of sp³-hybridized carbons (Fsp3) is 0. The molecule has 0 unspecified atom stereocenters. The minimum atomic E-state index is 0.713. The van der Waals surface area contributed by atoms with E-state index in [0.29, 0.717) is 5.02 Å². The third kappa shape index (κ3) is 1.94. The lowest BCUT2D eigenvalue weighted by Gasteiger charge is -2.00. The summed E-state index contributed by atoms with van der Waals surface area (Å²) in [6.45, 7) is 0. The molecular weight excluding hydrogens is 302 g/mol. The maximum atomic E-state index is 5.86. The van der Waals surface area contributed by atoms with E-state index in [9.17, 15) is 0 Å². The first-order valence-corrected chi connectivity index (χ1v) is 6.17. The highest BCUT2D eigenvalue weighted by Gasteiger charge is 2.07. The Morgan fingerprint density at radius 1 is 1.06 bits per heavy atom. The van der Waals surface area contributed by atoms with Crippen LogP contribution in [0.15, 0.2) is 47.1 Å². The van der Waals surface area contributed by atoms with Crippen molar-refractivity contribution in [3.8, 4) is 11.4 Å². The highest BCUT2D eigenvalue weighted by molar-refractivity contribution is 9.10. The van der Waals surface area contributed by atoms with Crippen LogP contribution in [-0.4, -0.2) is 14.6 Å². The molecule has 3 nitrogen and oxygen atoms in total. The number of nitrogens with zero attached hydrogens (tertiary/aromatic N) is 3. The maximum absolute atomic E-state index is 5.86. The number of halogens is 2. The number of hydrogen-bond acceptors (Lipinski definition) is 2. The third-order valence-corrected chi connectivity index (χ3v) is 3.22. The van der Waals surface area contributed by atoms with Gasteiger partial charge in [-0.05, 0) is 36.4 Å². The Hall–Kier alpha value is -1.39. The van der Waals surface area contributed by atoms with Gasteiger partial charge in [-0.25, -0.2) is 0 Å². The van der Waals surface area contributed by atoms with Crippen molar-refractivity contribution in [1.29, 1.82) is 0 Å². The summed E-state index contributed by atoms with van der Waals surface area (Å²) in [5, 5.41) is 9.03. The van der Waals surface area contributed by atoms with Crippen molar-refractivity contribution in [2.24, 2.45) is 0 Å². The van der Waals surface area contributed by atoms with Gasteiger partial charge in [0, 0.05) is 21.3 Å². The van der Waals surface area contributed by atoms with Crippen LogP contribution < -0.4 is 0 Å². The monoisotopic (exact) mass is 307 g/mol. The molecule has 0 spiro atoms. The molecule has 5 heteroatoms. The normalized spacial score (nSPS) is 10.9. The molecule has 3 aromatic rings. The zero-order chi connectivity index (χ0) is 11.8. The summed E-state index contributed by atoms with van der Waals surface area (Å²) < 4.78 is 2.92. The molecular formula is C12H7BrClN3. The standard InChI is InChI=1S/C12H7BrClN3/c13-9-5-6-17-11(7-9)15-16-12(17)8-1-3-10(14)4-2-8/h1-7H. The van der Waals surface area contributed by atoms with Crippen molar-refractivity contribution >= 4 is 33.2 Å². The predicted molar refractivity (Wildman–Crippen MR) is 71.1 cm³/mol. The fourth-order valence-electron chi connectivity index (χ4n) is 1.66. The van der Waals surface area contributed by atoms with Gasteiger partial charge in [-0.3, -0.25) is 4.40 Å². The molecule has 2 aromatic heterocycles. The lowest BCUT2D eigenvalue weighted by Crippen LogP contribution is -1.88. The SMILES string of the molecule is Clc1ccc(-c2nnc3cc(Br)ccn23)cc1. The Morgan fingerprint density at radius 3 is 2.59 bits per heavy atom. The van der Waals surface area contributed by atoms with E-state index in [0.717, 1.165) is 21.5 Å². The van der Waals surface area contributed by atoms with Gasteiger partial charge >= 0.3 is 0 Å². The Balaban J connectivity index is 2.21. The second kappa shape index (κ2) is 4.13. The van der Waals surface area contributed by atoms with Crippen molar-refractivity contribution in [3.05, 3.63) is 52.1 Å². The van der Waals surface area contributed by atoms with Gasteiger partial charge in [-0.1, -0.05) is 27.5 Å². The lowest BCUT2D eigenvalue weighted by atomic mass is 10.2. The summed E-state index contributed by atoms with van der Waals surface area (Å²) in [5.74, 6) is 0.809. The highest BCUT2D eigenvalue weighted by Crippen LogP contribution is 2.21. The van der Waals surface area contributed by atoms with Crippen LogP contribution in [0.4, 0.5) is 0 Å². The average molecular weight is 309 g/mol. The maximum Gasteiger partial charge on any atom is 0.168 e. The van der Waals surface area contributed by atoms with Gasteiger partial charge in [0.05, 0.1) is 0 Å². The molecule has 0 radical (unpaired) electrons. The zero-order valence-corrected chi connectivity index (χ0v) is 11.0. The summed E-state index contributed by atoms with van der Waals surface area (Å²) in [7, 11) is 0. The molecule has 0 amide bonds. The lowest BCUT2D eigenvalue weighted by molar-refractivity contribution is 1.11. The first-order chi connectivity index (χ1) is 8.24. The van der Waals surface area contributed by atoms with Crippen LogP contribution in [0.3, 0.4) is 0 Å². The van der Waals surface area contributed by atoms with Crippen molar-refractivity contribution < 1.29 is 0 Å². The topological polar surface area (TPSA) is 30.2 Å². The van der Waals surface area contributed by atoms with Gasteiger partial charge in [0.15, 0.2) is 11.5 Å². The predicted octanol–water partition coefficient (Wildman–Crippen LogP) is 3.81. The highest BCUT2D eigenvalue weighted by atomic mass is 79.9. The molecule has 2 heterocycles. The van der Waals surface area contributed by atoms with Gasteiger partial charge in [-0.15, -0.1) is 10.2 Å². The Bertz CT molecular complexity index is 676. The second-order valence-electron chi connectivity index (χ2n) is 3.60. The van der Waals surface area contributed by atoms with Crippen LogP contribution in [0.25, 0.3) is 17.0 Å². The first-order valence-electron chi connectivity index (χ1n) is 5.00. The molecule has 0 saturated carbocycles. The van der Waals surface area contributed by atoms with Crippen molar-refractivity contribution in [1.82, 2.24) is 14.6 Å². The largest absolute Gasteiger partial charge is 0.282 e. The Labute approximate surface area is 111 Å². The molecule has 17 heavy (non-hydrogen) atoms. The molecule has 0 aliphatic rings. The third-order valence-electron chi connectivity index (χ3n) is 2.47. The molecule has 0 atom stereocenters. The van der Waals surface area contributed by atoms with E-state index in [-0.39, 0.29) is 0 Å². The van der Waals surface area contributed by atoms with Crippen LogP contribution >= 0.6 is 27.5 Å². The Morgan fingerprint density at radius 2 is 1.82 bits per heavy atom. The number of fused-ring (bicyclic) bond motifs is 1. The Kier molecular flexibility index (Phi) is 2.61. The minimum absolute atomic E-state index is 0.713. The molecule has 0 aliphatic carbocycles. The second-order valence-corrected chi connectivity index (χ2v) is 4.96.